The summed E-state index contributed by atoms with van der Waals surface area (Å²) in [7, 11) is 3.12. The molecule has 14 nitrogen and oxygen atoms in total. The van der Waals surface area contributed by atoms with Crippen LogP contribution in [0.2, 0.25) is 0 Å². The molecule has 6 rings (SSSR count). The Morgan fingerprint density at radius 2 is 1.02 bits per heavy atom. The van der Waals surface area contributed by atoms with Gasteiger partial charge in [0.1, 0.15) is 11.5 Å². The van der Waals surface area contributed by atoms with Crippen LogP contribution < -0.4 is 20.1 Å². The number of hydrogen-bond donors (Lipinski definition) is 4. The Balaban J connectivity index is 0.000000223. The molecule has 2 amide bonds. The molecule has 58 heavy (non-hydrogen) atoms. The minimum absolute atomic E-state index is 0.0143. The number of rotatable bonds is 16. The minimum Gasteiger partial charge on any atom is -0.497 e. The first-order valence-corrected chi connectivity index (χ1v) is 19.3. The molecule has 304 valence electrons. The van der Waals surface area contributed by atoms with Gasteiger partial charge in [0.05, 0.1) is 38.3 Å². The number of methoxy groups -OCH3 is 2. The summed E-state index contributed by atoms with van der Waals surface area (Å²) in [5.74, 6) is 0.560. The fourth-order valence-corrected chi connectivity index (χ4v) is 7.02. The van der Waals surface area contributed by atoms with Crippen molar-refractivity contribution in [2.75, 3.05) is 24.9 Å². The van der Waals surface area contributed by atoms with Crippen molar-refractivity contribution >= 4 is 56.4 Å². The Morgan fingerprint density at radius 3 is 1.40 bits per heavy atom. The number of amides is 2. The molecule has 0 fully saturated rings. The fraction of sp³-hybridized carbons (Fsp3) is 0.318. The first-order valence-electron chi connectivity index (χ1n) is 19.3. The largest absolute Gasteiger partial charge is 0.497 e. The molecule has 0 saturated heterocycles. The normalized spacial score (nSPS) is 11.0. The number of nitrogens with one attached hydrogen (secondary N) is 2. The van der Waals surface area contributed by atoms with Crippen molar-refractivity contribution in [1.29, 1.82) is 0 Å². The smallest absolute Gasteiger partial charge is 0.227 e. The first-order chi connectivity index (χ1) is 28.0. The maximum Gasteiger partial charge on any atom is 0.227 e. The number of benzene rings is 4. The molecule has 4 N–H and O–H groups in total. The van der Waals surface area contributed by atoms with Gasteiger partial charge in [0, 0.05) is 40.0 Å². The second-order valence-electron chi connectivity index (χ2n) is 13.9. The van der Waals surface area contributed by atoms with Crippen molar-refractivity contribution in [3.63, 3.8) is 0 Å². The highest BCUT2D eigenvalue weighted by molar-refractivity contribution is 6.01. The highest BCUT2D eigenvalue weighted by atomic mass is 16.5. The summed E-state index contributed by atoms with van der Waals surface area (Å²) in [5.41, 5.74) is 4.17. The van der Waals surface area contributed by atoms with E-state index in [1.807, 2.05) is 70.2 Å². The first kappa shape index (κ1) is 42.4. The second kappa shape index (κ2) is 19.4. The molecule has 14 heteroatoms. The molecule has 6 aromatic rings. The van der Waals surface area contributed by atoms with E-state index in [1.165, 1.54) is 0 Å². The van der Waals surface area contributed by atoms with E-state index in [0.717, 1.165) is 36.8 Å². The van der Waals surface area contributed by atoms with Crippen LogP contribution >= 0.6 is 0 Å². The van der Waals surface area contributed by atoms with Crippen molar-refractivity contribution in [2.24, 2.45) is 22.2 Å². The summed E-state index contributed by atoms with van der Waals surface area (Å²) in [6.45, 7) is 8.58. The van der Waals surface area contributed by atoms with Crippen LogP contribution in [0.15, 0.2) is 95.3 Å². The molecule has 4 aromatic carbocycles. The quantitative estimate of drug-likeness (QED) is 0.0697. The number of ether oxygens (including phenoxy) is 2. The van der Waals surface area contributed by atoms with Crippen LogP contribution in [0.1, 0.15) is 64.5 Å². The number of anilines is 2. The highest BCUT2D eigenvalue weighted by Crippen LogP contribution is 2.42. The Hall–Kier alpha value is -6.70. The van der Waals surface area contributed by atoms with Gasteiger partial charge in [-0.2, -0.15) is 0 Å². The van der Waals surface area contributed by atoms with Crippen LogP contribution in [-0.4, -0.2) is 45.4 Å². The van der Waals surface area contributed by atoms with Gasteiger partial charge in [-0.25, -0.2) is 0 Å². The monoisotopic (exact) mass is 790 g/mol. The maximum absolute atomic E-state index is 12.4. The third kappa shape index (κ3) is 9.28. The summed E-state index contributed by atoms with van der Waals surface area (Å²) in [6, 6.07) is 25.5. The minimum atomic E-state index is -0.241. The van der Waals surface area contributed by atoms with E-state index in [1.54, 1.807) is 65.8 Å². The van der Waals surface area contributed by atoms with Gasteiger partial charge in [0.25, 0.3) is 0 Å². The summed E-state index contributed by atoms with van der Waals surface area (Å²) in [6.07, 6.45) is 3.01. The van der Waals surface area contributed by atoms with Gasteiger partial charge < -0.3 is 39.5 Å². The number of hydrogen-bond acceptors (Lipinski definition) is 10. The summed E-state index contributed by atoms with van der Waals surface area (Å²) >= 11 is 0. The summed E-state index contributed by atoms with van der Waals surface area (Å²) < 4.78 is 13.9. The SMILES string of the molecule is CCC(CC)C(=O)Nc1ccc2c(c1)c(N=O)c(O)n2Cc1cc(OC)cc(OC)c1.CCC(CC)C(=O)Nc1ccc2c(c1)c(N=O)c(O)n2Cc1ccccc1. The third-order valence-electron chi connectivity index (χ3n) is 10.4. The lowest BCUT2D eigenvalue weighted by molar-refractivity contribution is -0.120. The van der Waals surface area contributed by atoms with Gasteiger partial charge in [0.15, 0.2) is 11.4 Å². The van der Waals surface area contributed by atoms with Crippen molar-refractivity contribution < 1.29 is 29.3 Å². The van der Waals surface area contributed by atoms with Gasteiger partial charge in [-0.3, -0.25) is 9.59 Å². The Kier molecular flexibility index (Phi) is 14.2. The Morgan fingerprint density at radius 1 is 0.603 bits per heavy atom. The van der Waals surface area contributed by atoms with Crippen LogP contribution in [0, 0.1) is 21.6 Å². The number of carbonyl (C=O) groups is 2. The lowest BCUT2D eigenvalue weighted by Crippen LogP contribution is -2.21. The van der Waals surface area contributed by atoms with Crippen LogP contribution in [0.5, 0.6) is 23.3 Å². The number of nitrogens with zero attached hydrogens (tertiary/aromatic N) is 4. The van der Waals surface area contributed by atoms with E-state index in [0.29, 0.717) is 51.2 Å². The number of carbonyl (C=O) groups excluding carboxylic acids is 2. The molecule has 0 spiro atoms. The molecular formula is C44H50N6O8. The molecule has 0 aliphatic rings. The zero-order chi connectivity index (χ0) is 41.9. The van der Waals surface area contributed by atoms with Crippen LogP contribution in [-0.2, 0) is 22.7 Å². The number of nitroso groups, excluding NO2 is 2. The second-order valence-corrected chi connectivity index (χ2v) is 13.9. The lowest BCUT2D eigenvalue weighted by Gasteiger charge is -2.13. The molecule has 2 heterocycles. The van der Waals surface area contributed by atoms with E-state index < -0.39 is 0 Å². The van der Waals surface area contributed by atoms with E-state index in [4.69, 9.17) is 9.47 Å². The zero-order valence-electron chi connectivity index (χ0n) is 33.6. The predicted octanol–water partition coefficient (Wildman–Crippen LogP) is 10.4. The zero-order valence-corrected chi connectivity index (χ0v) is 33.6. The molecule has 0 aliphatic carbocycles. The van der Waals surface area contributed by atoms with Gasteiger partial charge in [-0.1, -0.05) is 58.0 Å². The Bertz CT molecular complexity index is 2370. The fourth-order valence-electron chi connectivity index (χ4n) is 7.02. The molecule has 0 bridgehead atoms. The maximum atomic E-state index is 12.4. The van der Waals surface area contributed by atoms with Crippen molar-refractivity contribution in [3.05, 3.63) is 106 Å². The molecule has 0 radical (unpaired) electrons. The van der Waals surface area contributed by atoms with E-state index in [-0.39, 0.29) is 53.3 Å². The average Bonchev–Trinajstić information content (AvgIpc) is 3.65. The topological polar surface area (TPSA) is 186 Å². The van der Waals surface area contributed by atoms with E-state index >= 15 is 0 Å². The molecule has 0 unspecified atom stereocenters. The standard InChI is InChI=1S/C23H27N3O5.C21H23N3O3/c1-5-15(6-2)22(27)24-16-7-8-20-19(11-16)21(25-29)23(28)26(20)13-14-9-17(30-3)12-18(10-14)31-4;1-3-15(4-2)20(25)22-16-10-11-18-17(12-16)19(23-27)21(26)24(18)13-14-8-6-5-7-9-14/h7-12,15,28H,5-6,13H2,1-4H3,(H,24,27);5-12,15,26H,3-4,13H2,1-2H3,(H,22,25). The van der Waals surface area contributed by atoms with Gasteiger partial charge >= 0.3 is 0 Å². The molecule has 0 aliphatic heterocycles. The third-order valence-corrected chi connectivity index (χ3v) is 10.4. The van der Waals surface area contributed by atoms with Crippen LogP contribution in [0.4, 0.5) is 22.7 Å². The Labute approximate surface area is 336 Å². The lowest BCUT2D eigenvalue weighted by atomic mass is 10.0. The van der Waals surface area contributed by atoms with Crippen molar-refractivity contribution in [3.8, 4) is 23.3 Å². The van der Waals surface area contributed by atoms with Gasteiger partial charge in [-0.05, 0) is 95.7 Å². The average molecular weight is 791 g/mol. The number of aromatic hydroxyl groups is 2. The number of aromatic nitrogens is 2. The molecule has 0 saturated carbocycles. The molecule has 2 aromatic heterocycles. The van der Waals surface area contributed by atoms with Crippen LogP contribution in [0.3, 0.4) is 0 Å². The summed E-state index contributed by atoms with van der Waals surface area (Å²) in [5, 5.41) is 34.0. The molecular weight excluding hydrogens is 741 g/mol. The van der Waals surface area contributed by atoms with Crippen molar-refractivity contribution in [2.45, 2.75) is 66.5 Å². The van der Waals surface area contributed by atoms with Gasteiger partial charge in [-0.15, -0.1) is 9.81 Å². The van der Waals surface area contributed by atoms with Gasteiger partial charge in [0.2, 0.25) is 23.6 Å². The van der Waals surface area contributed by atoms with Crippen LogP contribution in [0.25, 0.3) is 21.8 Å². The predicted molar refractivity (Wildman–Crippen MR) is 228 cm³/mol. The number of fused-ring (bicyclic) bond motifs is 2. The van der Waals surface area contributed by atoms with Crippen molar-refractivity contribution in [1.82, 2.24) is 9.13 Å². The highest BCUT2D eigenvalue weighted by Gasteiger charge is 2.22. The van der Waals surface area contributed by atoms with E-state index in [2.05, 4.69) is 21.0 Å². The van der Waals surface area contributed by atoms with E-state index in [9.17, 15) is 29.6 Å². The summed E-state index contributed by atoms with van der Waals surface area (Å²) in [4.78, 5) is 47.6. The molecule has 0 atom stereocenters.